The average molecular weight is 189 g/mol. The van der Waals surface area contributed by atoms with E-state index in [0.29, 0.717) is 0 Å². The van der Waals surface area contributed by atoms with Gasteiger partial charge in [-0.2, -0.15) is 0 Å². The second-order valence-corrected chi connectivity index (χ2v) is 3.83. The van der Waals surface area contributed by atoms with Gasteiger partial charge in [0, 0.05) is 5.54 Å². The third-order valence-electron chi connectivity index (χ3n) is 3.26. The molecule has 0 aromatic carbocycles. The summed E-state index contributed by atoms with van der Waals surface area (Å²) in [5.74, 6) is 0.720. The van der Waals surface area contributed by atoms with Gasteiger partial charge >= 0.3 is 0 Å². The molecule has 1 atom stereocenters. The molecule has 0 amide bonds. The van der Waals surface area contributed by atoms with E-state index >= 15 is 0 Å². The quantitative estimate of drug-likeness (QED) is 0.685. The second-order valence-electron chi connectivity index (χ2n) is 3.83. The van der Waals surface area contributed by atoms with Gasteiger partial charge in [-0.05, 0) is 25.2 Å². The number of hydrogen-bond acceptors (Lipinski definition) is 1. The Hall–Kier alpha value is -0.0800. The lowest BCUT2D eigenvalue weighted by atomic mass is 9.76. The first-order valence-electron chi connectivity index (χ1n) is 5.43. The van der Waals surface area contributed by atoms with Crippen molar-refractivity contribution in [3.8, 4) is 0 Å². The van der Waals surface area contributed by atoms with Crippen LogP contribution in [0.4, 0.5) is 0 Å². The van der Waals surface area contributed by atoms with Gasteiger partial charge in [-0.1, -0.05) is 40.5 Å². The molecule has 4 N–H and O–H groups in total. The highest BCUT2D eigenvalue weighted by Crippen LogP contribution is 2.28. The number of hydrogen-bond donors (Lipinski definition) is 1. The standard InChI is InChI=1S/C11H25N.H2O/c1-5-9-10(6-2)11(12,7-3)8-4;/h10H,5-9,12H2,1-4H3;1H2. The molecule has 0 bridgehead atoms. The van der Waals surface area contributed by atoms with E-state index in [0.717, 1.165) is 18.8 Å². The summed E-state index contributed by atoms with van der Waals surface area (Å²) in [7, 11) is 0. The average Bonchev–Trinajstić information content (AvgIpc) is 2.13. The molecule has 0 aromatic heterocycles. The summed E-state index contributed by atoms with van der Waals surface area (Å²) in [6.45, 7) is 8.92. The molecule has 0 aliphatic rings. The molecule has 0 radical (unpaired) electrons. The number of rotatable bonds is 6. The molecule has 1 unspecified atom stereocenters. The van der Waals surface area contributed by atoms with Gasteiger partial charge in [-0.25, -0.2) is 0 Å². The number of nitrogens with two attached hydrogens (primary N) is 1. The van der Waals surface area contributed by atoms with Crippen molar-refractivity contribution in [3.05, 3.63) is 0 Å². The molecule has 0 spiro atoms. The minimum atomic E-state index is 0. The van der Waals surface area contributed by atoms with Gasteiger partial charge in [-0.15, -0.1) is 0 Å². The van der Waals surface area contributed by atoms with Gasteiger partial charge in [-0.3, -0.25) is 0 Å². The van der Waals surface area contributed by atoms with Crippen LogP contribution < -0.4 is 5.73 Å². The predicted octanol–water partition coefficient (Wildman–Crippen LogP) is 2.51. The molecule has 0 rings (SSSR count). The van der Waals surface area contributed by atoms with Crippen LogP contribution in [-0.2, 0) is 0 Å². The maximum Gasteiger partial charge on any atom is 0.0177 e. The summed E-state index contributed by atoms with van der Waals surface area (Å²) in [5, 5.41) is 0. The summed E-state index contributed by atoms with van der Waals surface area (Å²) in [4.78, 5) is 0. The third kappa shape index (κ3) is 4.10. The summed E-state index contributed by atoms with van der Waals surface area (Å²) in [6.07, 6.45) is 6.00. The zero-order chi connectivity index (χ0) is 9.61. The molecular formula is C11H27NO. The molecule has 0 heterocycles. The van der Waals surface area contributed by atoms with Crippen molar-refractivity contribution in [1.29, 1.82) is 0 Å². The summed E-state index contributed by atoms with van der Waals surface area (Å²) in [5.41, 5.74) is 6.44. The third-order valence-corrected chi connectivity index (χ3v) is 3.26. The van der Waals surface area contributed by atoms with E-state index in [9.17, 15) is 0 Å². The smallest absolute Gasteiger partial charge is 0.0177 e. The van der Waals surface area contributed by atoms with Crippen LogP contribution in [0.25, 0.3) is 0 Å². The van der Waals surface area contributed by atoms with Gasteiger partial charge in [0.25, 0.3) is 0 Å². The van der Waals surface area contributed by atoms with Gasteiger partial charge in [0.05, 0.1) is 0 Å². The lowest BCUT2D eigenvalue weighted by Crippen LogP contribution is -2.45. The van der Waals surface area contributed by atoms with Crippen LogP contribution in [0.2, 0.25) is 0 Å². The Morgan fingerprint density at radius 1 is 1.08 bits per heavy atom. The summed E-state index contributed by atoms with van der Waals surface area (Å²) < 4.78 is 0. The highest BCUT2D eigenvalue weighted by Gasteiger charge is 2.28. The fourth-order valence-electron chi connectivity index (χ4n) is 2.07. The maximum atomic E-state index is 6.34. The van der Waals surface area contributed by atoms with Gasteiger partial charge < -0.3 is 11.2 Å². The van der Waals surface area contributed by atoms with Crippen LogP contribution in [0.15, 0.2) is 0 Å². The Bertz CT molecular complexity index is 111. The molecule has 13 heavy (non-hydrogen) atoms. The molecule has 0 fully saturated rings. The molecule has 0 aliphatic carbocycles. The predicted molar refractivity (Wildman–Crippen MR) is 59.8 cm³/mol. The van der Waals surface area contributed by atoms with E-state index in [-0.39, 0.29) is 11.0 Å². The topological polar surface area (TPSA) is 57.5 Å². The van der Waals surface area contributed by atoms with Crippen molar-refractivity contribution in [2.24, 2.45) is 11.7 Å². The minimum Gasteiger partial charge on any atom is -0.412 e. The van der Waals surface area contributed by atoms with E-state index in [4.69, 9.17) is 5.73 Å². The maximum absolute atomic E-state index is 6.34. The van der Waals surface area contributed by atoms with Crippen molar-refractivity contribution < 1.29 is 5.48 Å². The van der Waals surface area contributed by atoms with Gasteiger partial charge in [0.15, 0.2) is 0 Å². The van der Waals surface area contributed by atoms with E-state index in [1.54, 1.807) is 0 Å². The van der Waals surface area contributed by atoms with Crippen molar-refractivity contribution in [2.45, 2.75) is 65.3 Å². The highest BCUT2D eigenvalue weighted by molar-refractivity contribution is 4.87. The fraction of sp³-hybridized carbons (Fsp3) is 1.00. The van der Waals surface area contributed by atoms with Crippen LogP contribution in [0.5, 0.6) is 0 Å². The Balaban J connectivity index is 0. The van der Waals surface area contributed by atoms with Crippen LogP contribution >= 0.6 is 0 Å². The van der Waals surface area contributed by atoms with Gasteiger partial charge in [0.2, 0.25) is 0 Å². The Morgan fingerprint density at radius 3 is 1.77 bits per heavy atom. The second kappa shape index (κ2) is 7.34. The van der Waals surface area contributed by atoms with Crippen LogP contribution in [0.3, 0.4) is 0 Å². The van der Waals surface area contributed by atoms with E-state index < -0.39 is 0 Å². The zero-order valence-corrected chi connectivity index (χ0v) is 9.69. The Labute approximate surface area is 83.2 Å². The lowest BCUT2D eigenvalue weighted by molar-refractivity contribution is 0.229. The first-order valence-corrected chi connectivity index (χ1v) is 5.43. The van der Waals surface area contributed by atoms with Crippen molar-refractivity contribution in [2.75, 3.05) is 0 Å². The van der Waals surface area contributed by atoms with E-state index in [2.05, 4.69) is 27.7 Å². The largest absolute Gasteiger partial charge is 0.412 e. The molecule has 82 valence electrons. The van der Waals surface area contributed by atoms with Crippen LogP contribution in [-0.4, -0.2) is 11.0 Å². The zero-order valence-electron chi connectivity index (χ0n) is 9.69. The van der Waals surface area contributed by atoms with Crippen molar-refractivity contribution >= 4 is 0 Å². The molecule has 0 aromatic rings. The molecular weight excluding hydrogens is 162 g/mol. The Morgan fingerprint density at radius 2 is 1.54 bits per heavy atom. The summed E-state index contributed by atoms with van der Waals surface area (Å²) >= 11 is 0. The SMILES string of the molecule is CCCC(CC)C(N)(CC)CC.O. The van der Waals surface area contributed by atoms with Crippen LogP contribution in [0, 0.1) is 5.92 Å². The van der Waals surface area contributed by atoms with E-state index in [1.807, 2.05) is 0 Å². The molecule has 2 heteroatoms. The van der Waals surface area contributed by atoms with E-state index in [1.165, 1.54) is 19.3 Å². The summed E-state index contributed by atoms with van der Waals surface area (Å²) in [6, 6.07) is 0. The van der Waals surface area contributed by atoms with Crippen LogP contribution in [0.1, 0.15) is 59.8 Å². The molecule has 2 nitrogen and oxygen atoms in total. The normalized spacial score (nSPS) is 13.6. The minimum absolute atomic E-state index is 0. The lowest BCUT2D eigenvalue weighted by Gasteiger charge is -2.35. The monoisotopic (exact) mass is 189 g/mol. The first kappa shape index (κ1) is 15.4. The molecule has 0 saturated carbocycles. The highest BCUT2D eigenvalue weighted by atomic mass is 16.0. The Kier molecular flexibility index (Phi) is 8.69. The van der Waals surface area contributed by atoms with Crippen molar-refractivity contribution in [1.82, 2.24) is 0 Å². The molecule has 0 aliphatic heterocycles. The fourth-order valence-corrected chi connectivity index (χ4v) is 2.07. The van der Waals surface area contributed by atoms with Crippen molar-refractivity contribution in [3.63, 3.8) is 0 Å². The first-order chi connectivity index (χ1) is 5.64. The van der Waals surface area contributed by atoms with Gasteiger partial charge in [0.1, 0.15) is 0 Å². The molecule has 0 saturated heterocycles.